The highest BCUT2D eigenvalue weighted by atomic mass is 17.0. The Hall–Kier alpha value is -4.10. The maximum Gasteiger partial charge on any atom is 0.348 e. The number of methoxy groups -OCH3 is 1. The van der Waals surface area contributed by atoms with Gasteiger partial charge in [0.15, 0.2) is 6.10 Å². The van der Waals surface area contributed by atoms with Gasteiger partial charge in [0.25, 0.3) is 5.97 Å². The molecule has 1 unspecified atom stereocenters. The molecule has 4 bridgehead atoms. The molecule has 16 atom stereocenters. The molecule has 3 saturated heterocycles. The number of aliphatic hydroxyl groups is 2. The molecule has 9 rings (SSSR count). The summed E-state index contributed by atoms with van der Waals surface area (Å²) >= 11 is 0. The normalized spacial score (nSPS) is 51.2. The lowest BCUT2D eigenvalue weighted by Crippen LogP contribution is -2.97. The van der Waals surface area contributed by atoms with E-state index in [2.05, 4.69) is 0 Å². The van der Waals surface area contributed by atoms with Crippen LogP contribution >= 0.6 is 0 Å². The number of carbonyl (C=O) groups excluding carboxylic acids is 6. The van der Waals surface area contributed by atoms with Gasteiger partial charge >= 0.3 is 35.8 Å². The van der Waals surface area contributed by atoms with Gasteiger partial charge in [0.2, 0.25) is 11.7 Å². The van der Waals surface area contributed by atoms with Gasteiger partial charge in [0.05, 0.1) is 36.4 Å². The van der Waals surface area contributed by atoms with E-state index < -0.39 is 141 Å². The predicted octanol–water partition coefficient (Wildman–Crippen LogP) is 1.31. The number of carbonyl (C=O) groups is 6. The van der Waals surface area contributed by atoms with Crippen molar-refractivity contribution in [1.82, 2.24) is 0 Å². The number of esters is 6. The molecule has 1 spiro atoms. The third-order valence-electron chi connectivity index (χ3n) is 15.3. The SMILES string of the molecule is COC(=O)C[C@H]1[C@@]2(C)C[C@]3(O)[C@@](OC(=O)C(C)C)([C@H]4OC5(C)O[C@@]6([C@H](O)[C@H](OC(C)=O)[C@]78C[C@]7([C@@H](OC(C)=O)C(=O)O[C@H]8c7ccoc7)[C@@]46O5)[C@]13C)[C@H]2OC(C)=O. The van der Waals surface area contributed by atoms with Crippen LogP contribution in [0.4, 0.5) is 0 Å². The Labute approximate surface area is 326 Å². The second kappa shape index (κ2) is 10.9. The van der Waals surface area contributed by atoms with E-state index in [4.69, 9.17) is 47.0 Å². The number of ether oxygens (including phenoxy) is 9. The number of cyclic esters (lactones) is 1. The zero-order chi connectivity index (χ0) is 41.5. The third kappa shape index (κ3) is 3.70. The molecule has 1 aromatic heterocycles. The summed E-state index contributed by atoms with van der Waals surface area (Å²) in [7, 11) is 1.17. The quantitative estimate of drug-likeness (QED) is 0.278. The van der Waals surface area contributed by atoms with Crippen molar-refractivity contribution in [3.63, 3.8) is 0 Å². The van der Waals surface area contributed by atoms with Crippen LogP contribution < -0.4 is 0 Å². The molecular weight excluding hydrogens is 756 g/mol. The van der Waals surface area contributed by atoms with Gasteiger partial charge in [-0.05, 0) is 24.8 Å². The van der Waals surface area contributed by atoms with Gasteiger partial charge in [0, 0.05) is 50.5 Å². The van der Waals surface area contributed by atoms with E-state index in [-0.39, 0.29) is 18.4 Å². The van der Waals surface area contributed by atoms with Gasteiger partial charge < -0.3 is 57.3 Å². The number of hydrogen-bond donors (Lipinski definition) is 2. The van der Waals surface area contributed by atoms with E-state index in [1.807, 2.05) is 0 Å². The van der Waals surface area contributed by atoms with E-state index in [0.717, 1.165) is 20.8 Å². The Balaban J connectivity index is 1.45. The summed E-state index contributed by atoms with van der Waals surface area (Å²) in [6.07, 6.45) is -8.61. The lowest BCUT2D eigenvalue weighted by Gasteiger charge is -2.77. The van der Waals surface area contributed by atoms with Crippen molar-refractivity contribution in [2.45, 2.75) is 140 Å². The fourth-order valence-corrected chi connectivity index (χ4v) is 14.0. The highest BCUT2D eigenvalue weighted by Gasteiger charge is 3.11. The van der Waals surface area contributed by atoms with Crippen molar-refractivity contribution in [2.75, 3.05) is 7.11 Å². The fourth-order valence-electron chi connectivity index (χ4n) is 14.0. The average molecular weight is 803 g/mol. The monoisotopic (exact) mass is 802 g/mol. The molecule has 3 aliphatic heterocycles. The Morgan fingerprint density at radius 2 is 1.60 bits per heavy atom. The number of aliphatic hydroxyl groups excluding tert-OH is 1. The first kappa shape index (κ1) is 38.4. The van der Waals surface area contributed by atoms with Gasteiger partial charge in [0.1, 0.15) is 41.2 Å². The van der Waals surface area contributed by atoms with Crippen LogP contribution in [0.25, 0.3) is 0 Å². The maximum atomic E-state index is 14.6. The Bertz CT molecular complexity index is 2030. The third-order valence-corrected chi connectivity index (χ3v) is 15.3. The van der Waals surface area contributed by atoms with Crippen LogP contribution in [-0.4, -0.2) is 112 Å². The average Bonchev–Trinajstić information content (AvgIpc) is 3.47. The molecule has 5 saturated carbocycles. The summed E-state index contributed by atoms with van der Waals surface area (Å²) in [5.74, 6) is -9.40. The molecular formula is C39H46O18. The zero-order valence-electron chi connectivity index (χ0n) is 32.9. The lowest BCUT2D eigenvalue weighted by molar-refractivity contribution is -0.470. The zero-order valence-corrected chi connectivity index (χ0v) is 32.9. The van der Waals surface area contributed by atoms with E-state index >= 15 is 0 Å². The number of fused-ring (bicyclic) bond motifs is 3. The Morgan fingerprint density at radius 3 is 2.18 bits per heavy atom. The molecule has 310 valence electrons. The molecule has 18 heteroatoms. The van der Waals surface area contributed by atoms with Crippen LogP contribution in [0.15, 0.2) is 23.0 Å². The summed E-state index contributed by atoms with van der Waals surface area (Å²) in [6, 6.07) is 1.52. The van der Waals surface area contributed by atoms with Gasteiger partial charge in [-0.25, -0.2) is 4.79 Å². The summed E-state index contributed by atoms with van der Waals surface area (Å²) in [4.78, 5) is 82.0. The minimum Gasteiger partial charge on any atom is -0.472 e. The van der Waals surface area contributed by atoms with Gasteiger partial charge in [-0.3, -0.25) is 24.0 Å². The van der Waals surface area contributed by atoms with Crippen LogP contribution in [0.1, 0.15) is 86.3 Å². The maximum absolute atomic E-state index is 14.6. The van der Waals surface area contributed by atoms with Crippen LogP contribution in [0, 0.1) is 33.5 Å². The van der Waals surface area contributed by atoms with Crippen molar-refractivity contribution in [3.05, 3.63) is 24.2 Å². The fraction of sp³-hybridized carbons (Fsp3) is 0.744. The molecule has 2 N–H and O–H groups in total. The molecule has 18 nitrogen and oxygen atoms in total. The van der Waals surface area contributed by atoms with Crippen molar-refractivity contribution in [1.29, 1.82) is 0 Å². The summed E-state index contributed by atoms with van der Waals surface area (Å²) in [5.41, 5.74) is -16.4. The standard InChI is InChI=1S/C39H46O18/c1-16(2)27(45)54-37-29(52-19(5)42)31(6)14-36(37,47)32(7,21(31)12-22(43)48-9)38-23(44)25(50-17(3)40)34-15-35(34,39(38)30(37)55-33(8,56-38)57-39)26(51-18(4)41)28(46)53-24(34)20-10-11-49-13-20/h10-11,13,16,21,23-26,29-30,44,47H,12,14-15H2,1-9H3/t21-,23+,24-,25-,26-,29-,30+,31+,32+,33?,34+,35+,36+,37-,38-,39-/m0/s1. The minimum absolute atomic E-state index is 0.241. The second-order valence-electron chi connectivity index (χ2n) is 18.0. The molecule has 8 aliphatic rings. The predicted molar refractivity (Wildman–Crippen MR) is 180 cm³/mol. The summed E-state index contributed by atoms with van der Waals surface area (Å²) in [5, 5.41) is 27.4. The lowest BCUT2D eigenvalue weighted by atomic mass is 9.33. The first-order valence-electron chi connectivity index (χ1n) is 19.0. The summed E-state index contributed by atoms with van der Waals surface area (Å²) in [6.45, 7) is 11.1. The number of hydrogen-bond acceptors (Lipinski definition) is 18. The number of rotatable bonds is 8. The van der Waals surface area contributed by atoms with Crippen molar-refractivity contribution in [3.8, 4) is 0 Å². The molecule has 1 aromatic rings. The topological polar surface area (TPSA) is 239 Å². The highest BCUT2D eigenvalue weighted by molar-refractivity contribution is 5.84. The van der Waals surface area contributed by atoms with E-state index in [1.54, 1.807) is 27.7 Å². The van der Waals surface area contributed by atoms with E-state index in [9.17, 15) is 39.0 Å². The number of furan rings is 1. The Kier molecular flexibility index (Phi) is 7.37. The van der Waals surface area contributed by atoms with Crippen LogP contribution in [0.2, 0.25) is 0 Å². The smallest absolute Gasteiger partial charge is 0.348 e. The first-order valence-corrected chi connectivity index (χ1v) is 19.0. The molecule has 5 aliphatic carbocycles. The van der Waals surface area contributed by atoms with E-state index in [1.165, 1.54) is 32.6 Å². The molecule has 57 heavy (non-hydrogen) atoms. The first-order chi connectivity index (χ1) is 26.5. The van der Waals surface area contributed by atoms with Crippen molar-refractivity contribution >= 4 is 35.8 Å². The van der Waals surface area contributed by atoms with Crippen LogP contribution in [0.5, 0.6) is 0 Å². The van der Waals surface area contributed by atoms with Gasteiger partial charge in [-0.2, -0.15) is 0 Å². The molecule has 8 fully saturated rings. The Morgan fingerprint density at radius 1 is 0.947 bits per heavy atom. The molecule has 4 heterocycles. The highest BCUT2D eigenvalue weighted by Crippen LogP contribution is 2.96. The minimum atomic E-state index is -2.43. The molecule has 0 radical (unpaired) electrons. The van der Waals surface area contributed by atoms with E-state index in [0.29, 0.717) is 0 Å². The summed E-state index contributed by atoms with van der Waals surface area (Å²) < 4.78 is 62.4. The van der Waals surface area contributed by atoms with Gasteiger partial charge in [-0.15, -0.1) is 0 Å². The second-order valence-corrected chi connectivity index (χ2v) is 18.0. The molecule has 0 aromatic carbocycles. The van der Waals surface area contributed by atoms with Crippen molar-refractivity contribution in [2.24, 2.45) is 33.5 Å². The van der Waals surface area contributed by atoms with Crippen LogP contribution in [-0.2, 0) is 71.4 Å². The van der Waals surface area contributed by atoms with Crippen molar-refractivity contribution < 1.29 is 86.0 Å². The van der Waals surface area contributed by atoms with Gasteiger partial charge in [-0.1, -0.05) is 27.7 Å². The largest absolute Gasteiger partial charge is 0.472 e. The molecule has 0 amide bonds. The van der Waals surface area contributed by atoms with Crippen LogP contribution in [0.3, 0.4) is 0 Å².